The molecule has 1 aromatic heterocycles. The van der Waals surface area contributed by atoms with E-state index < -0.39 is 9.84 Å². The van der Waals surface area contributed by atoms with Crippen LogP contribution in [0.25, 0.3) is 0 Å². The van der Waals surface area contributed by atoms with Crippen LogP contribution in [0.5, 0.6) is 17.4 Å². The summed E-state index contributed by atoms with van der Waals surface area (Å²) in [6, 6.07) is 56.4. The number of aliphatic hydroxyl groups is 2. The van der Waals surface area contributed by atoms with E-state index in [1.54, 1.807) is 33.5 Å². The summed E-state index contributed by atoms with van der Waals surface area (Å²) in [6.45, 7) is 57.0. The highest BCUT2D eigenvalue weighted by molar-refractivity contribution is 7.90. The Morgan fingerprint density at radius 1 is 0.410 bits per heavy atom. The molecular formula is C89H131ClN2O7S. The van der Waals surface area contributed by atoms with Crippen molar-refractivity contribution in [3.05, 3.63) is 248 Å². The first-order chi connectivity index (χ1) is 45.6. The van der Waals surface area contributed by atoms with Gasteiger partial charge in [-0.05, 0) is 166 Å². The molecule has 552 valence electrons. The van der Waals surface area contributed by atoms with E-state index in [9.17, 15) is 8.42 Å². The maximum Gasteiger partial charge on any atom is 0.212 e. The van der Waals surface area contributed by atoms with Gasteiger partial charge in [0.05, 0.1) is 39.4 Å². The van der Waals surface area contributed by atoms with Crippen molar-refractivity contribution in [3.8, 4) is 17.4 Å². The topological polar surface area (TPSA) is 118 Å². The zero-order valence-corrected chi connectivity index (χ0v) is 69.3. The predicted molar refractivity (Wildman–Crippen MR) is 432 cm³/mol. The Bertz CT molecular complexity index is 3680. The Hall–Kier alpha value is -6.95. The fraction of sp³-hybridized carbons (Fsp3) is 0.472. The number of rotatable bonds is 7. The largest absolute Gasteiger partial charge is 0.497 e. The lowest BCUT2D eigenvalue weighted by molar-refractivity contribution is 0.281. The molecule has 0 saturated heterocycles. The van der Waals surface area contributed by atoms with Gasteiger partial charge in [-0.1, -0.05) is 293 Å². The lowest BCUT2D eigenvalue weighted by atomic mass is 9.81. The average Bonchev–Trinajstić information content (AvgIpc) is 0.837. The Morgan fingerprint density at radius 3 is 1.13 bits per heavy atom. The van der Waals surface area contributed by atoms with E-state index in [1.807, 2.05) is 85.1 Å². The Kier molecular flexibility index (Phi) is 35.9. The second kappa shape index (κ2) is 39.5. The standard InChI is InChI=1S/C12H19N.C12H18O2.C12H18.C11H16O2S.2C11H16O.C10H13Cl.C10H15NO/c1-12(2,3)10-6-8-11(9-7-10)13(4)5;1-12(2,3)10-7-6-9(13-4)8-11(10)14-5;1-9-7-6-8-10(2)11(9)12(3,4)5;1-11(2,3)9-5-7-10(8-6-9)14(4,12)13;1-11(2,3)10-6-4-9(8-12)5-7-10;1-11(2,3)10-6-4-5-9(7-10)8-12;1-10(2,3)8-5-4-6-9(11)7-8;1-10(2,3)8-5-6-9(12-4)11-7-8/h6-9H,1-5H3;6-8H,1-5H3;6-8H,1-5H3;5-8H,1-4H3;2*4-7,12H,8H2,1-3H3;4-7H,1-3H3;5-7H,1-4H3. The molecule has 0 fully saturated rings. The molecule has 0 atom stereocenters. The lowest BCUT2D eigenvalue weighted by Gasteiger charge is -2.23. The number of ether oxygens (including phenoxy) is 3. The Morgan fingerprint density at radius 2 is 0.810 bits per heavy atom. The van der Waals surface area contributed by atoms with Crippen molar-refractivity contribution < 1.29 is 32.8 Å². The number of pyridine rings is 1. The van der Waals surface area contributed by atoms with Gasteiger partial charge in [-0.3, -0.25) is 0 Å². The number of aryl methyl sites for hydroxylation is 2. The number of benzene rings is 7. The summed E-state index contributed by atoms with van der Waals surface area (Å²) in [5.74, 6) is 2.38. The molecule has 8 rings (SSSR count). The highest BCUT2D eigenvalue weighted by atomic mass is 35.5. The molecular weight excluding hydrogens is 1280 g/mol. The number of sulfone groups is 1. The van der Waals surface area contributed by atoms with Crippen LogP contribution in [0.1, 0.15) is 233 Å². The molecule has 0 radical (unpaired) electrons. The molecule has 1 heterocycles. The summed E-state index contributed by atoms with van der Waals surface area (Å²) < 4.78 is 37.8. The fourth-order valence-corrected chi connectivity index (χ4v) is 10.8. The predicted octanol–water partition coefficient (Wildman–Crippen LogP) is 23.0. The van der Waals surface area contributed by atoms with Gasteiger partial charge in [-0.15, -0.1) is 0 Å². The van der Waals surface area contributed by atoms with Crippen LogP contribution in [0, 0.1) is 13.8 Å². The van der Waals surface area contributed by atoms with Crippen LogP contribution in [0.4, 0.5) is 5.69 Å². The van der Waals surface area contributed by atoms with Crippen molar-refractivity contribution >= 4 is 27.1 Å². The Balaban J connectivity index is 0.000000572. The summed E-state index contributed by atoms with van der Waals surface area (Å²) >= 11 is 5.85. The summed E-state index contributed by atoms with van der Waals surface area (Å²) in [4.78, 5) is 6.64. The molecule has 0 spiro atoms. The number of aromatic nitrogens is 1. The van der Waals surface area contributed by atoms with E-state index in [1.165, 1.54) is 62.0 Å². The first kappa shape index (κ1) is 91.1. The van der Waals surface area contributed by atoms with Crippen molar-refractivity contribution in [1.82, 2.24) is 4.98 Å². The van der Waals surface area contributed by atoms with Crippen molar-refractivity contribution in [2.24, 2.45) is 0 Å². The first-order valence-electron chi connectivity index (χ1n) is 34.7. The van der Waals surface area contributed by atoms with E-state index in [0.717, 1.165) is 33.2 Å². The number of hydrogen-bond donors (Lipinski definition) is 2. The summed E-state index contributed by atoms with van der Waals surface area (Å²) in [5.41, 5.74) is 17.8. The minimum atomic E-state index is -3.07. The van der Waals surface area contributed by atoms with Crippen LogP contribution >= 0.6 is 11.6 Å². The van der Waals surface area contributed by atoms with Gasteiger partial charge in [-0.2, -0.15) is 0 Å². The summed E-state index contributed by atoms with van der Waals surface area (Å²) in [6.07, 6.45) is 3.08. The van der Waals surface area contributed by atoms with E-state index in [2.05, 4.69) is 283 Å². The normalized spacial score (nSPS) is 11.7. The quantitative estimate of drug-likeness (QED) is 0.161. The second-order valence-corrected chi connectivity index (χ2v) is 36.3. The molecule has 0 aliphatic carbocycles. The van der Waals surface area contributed by atoms with Crippen LogP contribution in [0.2, 0.25) is 5.02 Å². The number of anilines is 1. The van der Waals surface area contributed by atoms with Gasteiger partial charge in [0, 0.05) is 49.4 Å². The first-order valence-corrected chi connectivity index (χ1v) is 37.0. The van der Waals surface area contributed by atoms with Crippen molar-refractivity contribution in [3.63, 3.8) is 0 Å². The molecule has 0 aliphatic rings. The molecule has 0 aliphatic heterocycles. The van der Waals surface area contributed by atoms with Gasteiger partial charge in [0.1, 0.15) is 11.5 Å². The van der Waals surface area contributed by atoms with Crippen molar-refractivity contribution in [1.29, 1.82) is 0 Å². The highest BCUT2D eigenvalue weighted by Gasteiger charge is 2.22. The van der Waals surface area contributed by atoms with Crippen LogP contribution in [-0.2, 0) is 66.4 Å². The zero-order valence-electron chi connectivity index (χ0n) is 67.8. The summed E-state index contributed by atoms with van der Waals surface area (Å²) in [7, 11) is 6.03. The van der Waals surface area contributed by atoms with Gasteiger partial charge >= 0.3 is 0 Å². The maximum absolute atomic E-state index is 11.2. The monoisotopic (exact) mass is 1410 g/mol. The number of hydrogen-bond acceptors (Lipinski definition) is 9. The lowest BCUT2D eigenvalue weighted by Crippen LogP contribution is -2.14. The van der Waals surface area contributed by atoms with Crippen LogP contribution in [-0.4, -0.2) is 65.3 Å². The van der Waals surface area contributed by atoms with Gasteiger partial charge in [0.25, 0.3) is 0 Å². The van der Waals surface area contributed by atoms with Gasteiger partial charge in [0.2, 0.25) is 5.88 Å². The number of nitrogens with zero attached hydrogens (tertiary/aromatic N) is 2. The molecule has 0 unspecified atom stereocenters. The Labute approximate surface area is 614 Å². The minimum Gasteiger partial charge on any atom is -0.497 e. The molecule has 0 bridgehead atoms. The van der Waals surface area contributed by atoms with E-state index >= 15 is 0 Å². The average molecular weight is 1410 g/mol. The van der Waals surface area contributed by atoms with Gasteiger partial charge in [-0.25, -0.2) is 13.4 Å². The molecule has 9 nitrogen and oxygen atoms in total. The van der Waals surface area contributed by atoms with Gasteiger partial charge < -0.3 is 29.3 Å². The number of aliphatic hydroxyl groups excluding tert-OH is 2. The molecule has 7 aromatic carbocycles. The number of halogens is 1. The molecule has 2 N–H and O–H groups in total. The van der Waals surface area contributed by atoms with Crippen molar-refractivity contribution in [2.45, 2.75) is 241 Å². The number of methoxy groups -OCH3 is 3. The maximum atomic E-state index is 11.2. The molecule has 100 heavy (non-hydrogen) atoms. The zero-order chi connectivity index (χ0) is 77.2. The van der Waals surface area contributed by atoms with E-state index in [0.29, 0.717) is 10.8 Å². The highest BCUT2D eigenvalue weighted by Crippen LogP contribution is 2.35. The summed E-state index contributed by atoms with van der Waals surface area (Å²) in [5, 5.41) is 18.6. The fourth-order valence-electron chi connectivity index (χ4n) is 10.0. The third-order valence-corrected chi connectivity index (χ3v) is 17.7. The van der Waals surface area contributed by atoms with Crippen molar-refractivity contribution in [2.75, 3.05) is 46.6 Å². The second-order valence-electron chi connectivity index (χ2n) is 33.9. The molecule has 11 heteroatoms. The van der Waals surface area contributed by atoms with Gasteiger partial charge in [0.15, 0.2) is 9.84 Å². The third kappa shape index (κ3) is 33.7. The smallest absolute Gasteiger partial charge is 0.212 e. The van der Waals surface area contributed by atoms with Crippen LogP contribution in [0.15, 0.2) is 181 Å². The van der Waals surface area contributed by atoms with Crippen LogP contribution in [0.3, 0.4) is 0 Å². The molecule has 8 aromatic rings. The van der Waals surface area contributed by atoms with E-state index in [-0.39, 0.29) is 56.5 Å². The SMILES string of the molecule is CC(C)(C)c1ccc(CO)cc1.CC(C)(C)c1ccc(S(C)(=O)=O)cc1.CC(C)(C)c1cccc(CO)c1.CC(C)(C)c1cccc(Cl)c1.CN(C)c1ccc(C(C)(C)C)cc1.COc1ccc(C(C)(C)C)c(OC)c1.COc1ccc(C(C)(C)C)cn1.Cc1cccc(C)c1C(C)(C)C. The molecule has 0 amide bonds. The third-order valence-electron chi connectivity index (χ3n) is 16.3. The van der Waals surface area contributed by atoms with E-state index in [4.69, 9.17) is 36.0 Å². The minimum absolute atomic E-state index is 0.0655. The molecule has 0 saturated carbocycles. The van der Waals surface area contributed by atoms with Crippen LogP contribution < -0.4 is 19.1 Å².